The molecule has 1 heterocycles. The van der Waals surface area contributed by atoms with E-state index in [0.717, 1.165) is 10.6 Å². The topological polar surface area (TPSA) is 24.4 Å². The zero-order chi connectivity index (χ0) is 9.64. The predicted molar refractivity (Wildman–Crippen MR) is 62.0 cm³/mol. The quantitative estimate of drug-likeness (QED) is 0.600. The van der Waals surface area contributed by atoms with Gasteiger partial charge in [-0.3, -0.25) is 5.43 Å². The Kier molecular flexibility index (Phi) is 2.93. The molecule has 0 radical (unpaired) electrons. The Balaban J connectivity index is 1.95. The van der Waals surface area contributed by atoms with Gasteiger partial charge >= 0.3 is 0 Å². The second kappa shape index (κ2) is 4.58. The van der Waals surface area contributed by atoms with Crippen molar-refractivity contribution in [2.45, 2.75) is 0 Å². The summed E-state index contributed by atoms with van der Waals surface area (Å²) in [4.78, 5) is 1.15. The number of hydrogen-bond acceptors (Lipinski definition) is 3. The first-order chi connectivity index (χ1) is 6.95. The van der Waals surface area contributed by atoms with E-state index in [0.29, 0.717) is 0 Å². The molecule has 0 aliphatic rings. The van der Waals surface area contributed by atoms with E-state index < -0.39 is 0 Å². The molecule has 0 atom stereocenters. The molecule has 0 saturated carbocycles. The van der Waals surface area contributed by atoms with Gasteiger partial charge in [-0.05, 0) is 23.6 Å². The third-order valence-electron chi connectivity index (χ3n) is 1.70. The van der Waals surface area contributed by atoms with Gasteiger partial charge in [0.05, 0.1) is 11.9 Å². The van der Waals surface area contributed by atoms with E-state index in [4.69, 9.17) is 0 Å². The van der Waals surface area contributed by atoms with Gasteiger partial charge in [0, 0.05) is 4.88 Å². The number of rotatable bonds is 3. The molecule has 70 valence electrons. The number of nitrogens with one attached hydrogen (secondary N) is 1. The van der Waals surface area contributed by atoms with E-state index in [-0.39, 0.29) is 0 Å². The van der Waals surface area contributed by atoms with Crippen LogP contribution in [0, 0.1) is 0 Å². The van der Waals surface area contributed by atoms with Crippen LogP contribution < -0.4 is 5.43 Å². The maximum Gasteiger partial charge on any atom is 0.0644 e. The summed E-state index contributed by atoms with van der Waals surface area (Å²) in [7, 11) is 0. The first-order valence-corrected chi connectivity index (χ1v) is 5.21. The average molecular weight is 202 g/mol. The monoisotopic (exact) mass is 202 g/mol. The SMILES string of the molecule is C(=N\Nc1ccccc1)/c1cccs1. The third-order valence-corrected chi connectivity index (χ3v) is 2.51. The Morgan fingerprint density at radius 1 is 1.07 bits per heavy atom. The number of thiophene rings is 1. The molecular weight excluding hydrogens is 192 g/mol. The fraction of sp³-hybridized carbons (Fsp3) is 0. The molecule has 0 saturated heterocycles. The standard InChI is InChI=1S/C11H10N2S/c1-2-5-10(6-3-1)13-12-9-11-7-4-8-14-11/h1-9,13H/b12-9+. The van der Waals surface area contributed by atoms with E-state index in [1.54, 1.807) is 11.3 Å². The van der Waals surface area contributed by atoms with Crippen LogP contribution in [0.15, 0.2) is 52.9 Å². The molecule has 3 heteroatoms. The summed E-state index contributed by atoms with van der Waals surface area (Å²) in [6.07, 6.45) is 1.82. The molecule has 1 aromatic carbocycles. The van der Waals surface area contributed by atoms with Crippen molar-refractivity contribution >= 4 is 23.2 Å². The Hall–Kier alpha value is -1.61. The summed E-state index contributed by atoms with van der Waals surface area (Å²) in [5.74, 6) is 0. The summed E-state index contributed by atoms with van der Waals surface area (Å²) >= 11 is 1.67. The largest absolute Gasteiger partial charge is 0.278 e. The number of hydrogen-bond donors (Lipinski definition) is 1. The van der Waals surface area contributed by atoms with Crippen molar-refractivity contribution in [3.8, 4) is 0 Å². The first kappa shape index (κ1) is 8.97. The lowest BCUT2D eigenvalue weighted by Gasteiger charge is -1.96. The van der Waals surface area contributed by atoms with Crippen molar-refractivity contribution in [2.75, 3.05) is 5.43 Å². The Morgan fingerprint density at radius 2 is 1.93 bits per heavy atom. The van der Waals surface area contributed by atoms with Gasteiger partial charge < -0.3 is 0 Å². The van der Waals surface area contributed by atoms with Gasteiger partial charge in [-0.2, -0.15) is 5.10 Å². The zero-order valence-electron chi connectivity index (χ0n) is 7.55. The predicted octanol–water partition coefficient (Wildman–Crippen LogP) is 3.19. The molecule has 14 heavy (non-hydrogen) atoms. The van der Waals surface area contributed by atoms with Gasteiger partial charge in [0.2, 0.25) is 0 Å². The van der Waals surface area contributed by atoms with Gasteiger partial charge in [-0.15, -0.1) is 11.3 Å². The molecule has 0 amide bonds. The maximum atomic E-state index is 4.12. The minimum absolute atomic E-state index is 1.00. The van der Waals surface area contributed by atoms with Crippen LogP contribution in [0.2, 0.25) is 0 Å². The molecule has 0 spiro atoms. The molecule has 2 rings (SSSR count). The highest BCUT2D eigenvalue weighted by molar-refractivity contribution is 7.11. The smallest absolute Gasteiger partial charge is 0.0644 e. The number of anilines is 1. The van der Waals surface area contributed by atoms with Crippen LogP contribution in [0.3, 0.4) is 0 Å². The molecule has 0 unspecified atom stereocenters. The van der Waals surface area contributed by atoms with Gasteiger partial charge in [0.15, 0.2) is 0 Å². The van der Waals surface area contributed by atoms with Crippen molar-refractivity contribution in [3.05, 3.63) is 52.7 Å². The van der Waals surface area contributed by atoms with E-state index in [1.165, 1.54) is 0 Å². The van der Waals surface area contributed by atoms with Crippen LogP contribution in [0.1, 0.15) is 4.88 Å². The highest BCUT2D eigenvalue weighted by Gasteiger charge is 1.86. The lowest BCUT2D eigenvalue weighted by atomic mass is 10.3. The summed E-state index contributed by atoms with van der Waals surface area (Å²) in [6, 6.07) is 13.9. The van der Waals surface area contributed by atoms with Gasteiger partial charge in [0.25, 0.3) is 0 Å². The van der Waals surface area contributed by atoms with Gasteiger partial charge in [-0.1, -0.05) is 24.3 Å². The number of benzene rings is 1. The van der Waals surface area contributed by atoms with Crippen molar-refractivity contribution in [1.29, 1.82) is 0 Å². The highest BCUT2D eigenvalue weighted by atomic mass is 32.1. The molecule has 0 fully saturated rings. The fourth-order valence-corrected chi connectivity index (χ4v) is 1.63. The van der Waals surface area contributed by atoms with Gasteiger partial charge in [-0.25, -0.2) is 0 Å². The average Bonchev–Trinajstić information content (AvgIpc) is 2.72. The van der Waals surface area contributed by atoms with E-state index in [1.807, 2.05) is 54.1 Å². The summed E-state index contributed by atoms with van der Waals surface area (Å²) in [5.41, 5.74) is 3.96. The van der Waals surface area contributed by atoms with Crippen LogP contribution in [-0.2, 0) is 0 Å². The van der Waals surface area contributed by atoms with Crippen molar-refractivity contribution in [1.82, 2.24) is 0 Å². The Labute approximate surface area is 86.9 Å². The van der Waals surface area contributed by atoms with E-state index in [9.17, 15) is 0 Å². The minimum Gasteiger partial charge on any atom is -0.278 e. The molecule has 2 nitrogen and oxygen atoms in total. The molecule has 0 aliphatic carbocycles. The minimum atomic E-state index is 1.00. The second-order valence-corrected chi connectivity index (χ2v) is 3.73. The van der Waals surface area contributed by atoms with Crippen molar-refractivity contribution in [3.63, 3.8) is 0 Å². The zero-order valence-corrected chi connectivity index (χ0v) is 8.37. The fourth-order valence-electron chi connectivity index (χ4n) is 1.05. The number of para-hydroxylation sites is 1. The number of nitrogens with zero attached hydrogens (tertiary/aromatic N) is 1. The molecule has 1 aromatic heterocycles. The molecule has 0 bridgehead atoms. The number of hydrazone groups is 1. The Morgan fingerprint density at radius 3 is 2.64 bits per heavy atom. The van der Waals surface area contributed by atoms with Crippen LogP contribution in [0.5, 0.6) is 0 Å². The maximum absolute atomic E-state index is 4.12. The first-order valence-electron chi connectivity index (χ1n) is 4.33. The highest BCUT2D eigenvalue weighted by Crippen LogP contribution is 2.06. The van der Waals surface area contributed by atoms with E-state index in [2.05, 4.69) is 10.5 Å². The molecular formula is C11H10N2S. The van der Waals surface area contributed by atoms with E-state index >= 15 is 0 Å². The van der Waals surface area contributed by atoms with Crippen LogP contribution in [-0.4, -0.2) is 6.21 Å². The van der Waals surface area contributed by atoms with Crippen molar-refractivity contribution in [2.24, 2.45) is 5.10 Å². The third kappa shape index (κ3) is 2.44. The lowest BCUT2D eigenvalue weighted by molar-refractivity contribution is 1.35. The Bertz CT molecular complexity index is 392. The van der Waals surface area contributed by atoms with Gasteiger partial charge in [0.1, 0.15) is 0 Å². The second-order valence-electron chi connectivity index (χ2n) is 2.75. The lowest BCUT2D eigenvalue weighted by Crippen LogP contribution is -1.87. The molecule has 0 aliphatic heterocycles. The summed E-state index contributed by atoms with van der Waals surface area (Å²) in [5, 5.41) is 6.15. The molecule has 1 N–H and O–H groups in total. The van der Waals surface area contributed by atoms with Crippen LogP contribution >= 0.6 is 11.3 Å². The summed E-state index contributed by atoms with van der Waals surface area (Å²) < 4.78 is 0. The van der Waals surface area contributed by atoms with Crippen LogP contribution in [0.4, 0.5) is 5.69 Å². The van der Waals surface area contributed by atoms with Crippen molar-refractivity contribution < 1.29 is 0 Å². The van der Waals surface area contributed by atoms with Crippen LogP contribution in [0.25, 0.3) is 0 Å². The summed E-state index contributed by atoms with van der Waals surface area (Å²) in [6.45, 7) is 0. The molecule has 2 aromatic rings. The normalized spacial score (nSPS) is 10.6.